The molecule has 2 rings (SSSR count). The lowest BCUT2D eigenvalue weighted by molar-refractivity contribution is 0.0773. The van der Waals surface area contributed by atoms with E-state index in [1.54, 1.807) is 0 Å². The molecular weight excluding hydrogens is 375 g/mol. The fourth-order valence-corrected chi connectivity index (χ4v) is 3.34. The Kier molecular flexibility index (Phi) is 7.74. The number of nitrogens with zero attached hydrogens (tertiary/aromatic N) is 3. The molecule has 2 aliphatic rings. The van der Waals surface area contributed by atoms with Gasteiger partial charge in [0, 0.05) is 25.2 Å². The van der Waals surface area contributed by atoms with E-state index in [9.17, 15) is 0 Å². The van der Waals surface area contributed by atoms with Gasteiger partial charge in [-0.3, -0.25) is 9.89 Å². The second-order valence-corrected chi connectivity index (χ2v) is 7.23. The van der Waals surface area contributed by atoms with Crippen molar-refractivity contribution in [3.63, 3.8) is 0 Å². The SMILES string of the molecule is CC1CCCN(C(C)(C)CN=C(N)N2CCCCC2)C1.I. The minimum absolute atomic E-state index is 0. The zero-order valence-corrected chi connectivity index (χ0v) is 16.3. The molecule has 124 valence electrons. The van der Waals surface area contributed by atoms with Crippen molar-refractivity contribution in [3.05, 3.63) is 0 Å². The second-order valence-electron chi connectivity index (χ2n) is 7.23. The van der Waals surface area contributed by atoms with E-state index >= 15 is 0 Å². The van der Waals surface area contributed by atoms with Gasteiger partial charge in [-0.2, -0.15) is 0 Å². The summed E-state index contributed by atoms with van der Waals surface area (Å²) in [6.07, 6.45) is 6.52. The summed E-state index contributed by atoms with van der Waals surface area (Å²) in [6.45, 7) is 12.3. The van der Waals surface area contributed by atoms with Crippen LogP contribution in [0.3, 0.4) is 0 Å². The van der Waals surface area contributed by atoms with E-state index in [0.29, 0.717) is 0 Å². The molecule has 0 amide bonds. The molecule has 2 aliphatic heterocycles. The third-order valence-electron chi connectivity index (χ3n) is 4.82. The first-order valence-corrected chi connectivity index (χ1v) is 8.29. The number of guanidine groups is 1. The number of hydrogen-bond donors (Lipinski definition) is 1. The molecule has 2 N–H and O–H groups in total. The maximum absolute atomic E-state index is 6.17. The summed E-state index contributed by atoms with van der Waals surface area (Å²) < 4.78 is 0. The first kappa shape index (κ1) is 19.0. The van der Waals surface area contributed by atoms with Crippen molar-refractivity contribution in [1.29, 1.82) is 0 Å². The predicted octanol–water partition coefficient (Wildman–Crippen LogP) is 2.92. The van der Waals surface area contributed by atoms with Crippen LogP contribution >= 0.6 is 24.0 Å². The lowest BCUT2D eigenvalue weighted by Gasteiger charge is -2.42. The van der Waals surface area contributed by atoms with Gasteiger partial charge >= 0.3 is 0 Å². The van der Waals surface area contributed by atoms with Crippen molar-refractivity contribution in [1.82, 2.24) is 9.80 Å². The Bertz CT molecular complexity index is 337. The second kappa shape index (κ2) is 8.56. The van der Waals surface area contributed by atoms with Gasteiger partial charge in [-0.25, -0.2) is 0 Å². The van der Waals surface area contributed by atoms with Crippen LogP contribution in [0.4, 0.5) is 0 Å². The fourth-order valence-electron chi connectivity index (χ4n) is 3.34. The monoisotopic (exact) mass is 408 g/mol. The van der Waals surface area contributed by atoms with Gasteiger partial charge in [-0.15, -0.1) is 24.0 Å². The maximum Gasteiger partial charge on any atom is 0.191 e. The van der Waals surface area contributed by atoms with Crippen LogP contribution in [-0.4, -0.2) is 54.0 Å². The van der Waals surface area contributed by atoms with E-state index in [4.69, 9.17) is 10.7 Å². The topological polar surface area (TPSA) is 44.9 Å². The van der Waals surface area contributed by atoms with Crippen LogP contribution in [0.15, 0.2) is 4.99 Å². The Morgan fingerprint density at radius 1 is 1.14 bits per heavy atom. The van der Waals surface area contributed by atoms with E-state index in [1.807, 2.05) is 0 Å². The molecule has 0 bridgehead atoms. The van der Waals surface area contributed by atoms with Gasteiger partial charge in [-0.05, 0) is 58.4 Å². The van der Waals surface area contributed by atoms with Crippen LogP contribution in [0.1, 0.15) is 52.9 Å². The highest BCUT2D eigenvalue weighted by molar-refractivity contribution is 14.0. The number of halogens is 1. The Morgan fingerprint density at radius 2 is 1.81 bits per heavy atom. The smallest absolute Gasteiger partial charge is 0.191 e. The molecule has 21 heavy (non-hydrogen) atoms. The van der Waals surface area contributed by atoms with Crippen molar-refractivity contribution in [2.75, 3.05) is 32.7 Å². The lowest BCUT2D eigenvalue weighted by Crippen LogP contribution is -2.51. The summed E-state index contributed by atoms with van der Waals surface area (Å²) in [6, 6.07) is 0. The van der Waals surface area contributed by atoms with E-state index in [-0.39, 0.29) is 29.5 Å². The molecule has 4 nitrogen and oxygen atoms in total. The fraction of sp³-hybridized carbons (Fsp3) is 0.938. The zero-order valence-electron chi connectivity index (χ0n) is 14.0. The van der Waals surface area contributed by atoms with E-state index in [1.165, 1.54) is 45.2 Å². The van der Waals surface area contributed by atoms with Crippen molar-refractivity contribution < 1.29 is 0 Å². The summed E-state index contributed by atoms with van der Waals surface area (Å²) in [7, 11) is 0. The first-order valence-electron chi connectivity index (χ1n) is 8.29. The molecule has 2 heterocycles. The molecule has 0 saturated carbocycles. The Balaban J connectivity index is 0.00000220. The highest BCUT2D eigenvalue weighted by Gasteiger charge is 2.30. The number of likely N-dealkylation sites (tertiary alicyclic amines) is 2. The minimum Gasteiger partial charge on any atom is -0.370 e. The van der Waals surface area contributed by atoms with Gasteiger partial charge in [0.25, 0.3) is 0 Å². The maximum atomic E-state index is 6.17. The molecule has 5 heteroatoms. The normalized spacial score (nSPS) is 25.6. The van der Waals surface area contributed by atoms with Gasteiger partial charge in [-0.1, -0.05) is 6.92 Å². The third kappa shape index (κ3) is 5.58. The number of nitrogens with two attached hydrogens (primary N) is 1. The number of aliphatic imine (C=N–C) groups is 1. The van der Waals surface area contributed by atoms with Crippen LogP contribution in [0.5, 0.6) is 0 Å². The molecule has 2 fully saturated rings. The summed E-state index contributed by atoms with van der Waals surface area (Å²) in [5.74, 6) is 1.56. The van der Waals surface area contributed by atoms with E-state index in [0.717, 1.165) is 31.5 Å². The Hall–Kier alpha value is -0.0400. The van der Waals surface area contributed by atoms with Gasteiger partial charge in [0.15, 0.2) is 5.96 Å². The molecule has 0 spiro atoms. The van der Waals surface area contributed by atoms with Crippen LogP contribution in [-0.2, 0) is 0 Å². The third-order valence-corrected chi connectivity index (χ3v) is 4.82. The Labute approximate surface area is 147 Å². The van der Waals surface area contributed by atoms with Gasteiger partial charge < -0.3 is 10.6 Å². The summed E-state index contributed by atoms with van der Waals surface area (Å²) in [4.78, 5) is 9.54. The van der Waals surface area contributed by atoms with E-state index < -0.39 is 0 Å². The molecule has 0 radical (unpaired) electrons. The van der Waals surface area contributed by atoms with Crippen molar-refractivity contribution in [3.8, 4) is 0 Å². The molecule has 0 aromatic rings. The van der Waals surface area contributed by atoms with Crippen LogP contribution < -0.4 is 5.73 Å². The standard InChI is InChI=1S/C16H32N4.HI/c1-14-8-7-11-20(12-14)16(2,3)13-18-15(17)19-9-5-4-6-10-19;/h14H,4-13H2,1-3H3,(H2,17,18);1H. The molecule has 0 aromatic heterocycles. The number of rotatable bonds is 3. The molecule has 1 unspecified atom stereocenters. The van der Waals surface area contributed by atoms with Crippen molar-refractivity contribution >= 4 is 29.9 Å². The number of piperidine rings is 2. The first-order chi connectivity index (χ1) is 9.49. The van der Waals surface area contributed by atoms with Gasteiger partial charge in [0.1, 0.15) is 0 Å². The predicted molar refractivity (Wildman–Crippen MR) is 101 cm³/mol. The lowest BCUT2D eigenvalue weighted by atomic mass is 9.94. The Morgan fingerprint density at radius 3 is 2.43 bits per heavy atom. The highest BCUT2D eigenvalue weighted by Crippen LogP contribution is 2.24. The molecule has 0 aromatic carbocycles. The summed E-state index contributed by atoms with van der Waals surface area (Å²) >= 11 is 0. The average molecular weight is 408 g/mol. The van der Waals surface area contributed by atoms with Crippen molar-refractivity contribution in [2.24, 2.45) is 16.6 Å². The molecule has 0 aliphatic carbocycles. The van der Waals surface area contributed by atoms with E-state index in [2.05, 4.69) is 30.6 Å². The zero-order chi connectivity index (χ0) is 14.6. The highest BCUT2D eigenvalue weighted by atomic mass is 127. The quantitative estimate of drug-likeness (QED) is 0.444. The summed E-state index contributed by atoms with van der Waals surface area (Å²) in [5, 5.41) is 0. The van der Waals surface area contributed by atoms with Crippen LogP contribution in [0, 0.1) is 5.92 Å². The molecular formula is C16H33IN4. The minimum atomic E-state index is 0. The summed E-state index contributed by atoms with van der Waals surface area (Å²) in [5.41, 5.74) is 6.29. The van der Waals surface area contributed by atoms with Gasteiger partial charge in [0.2, 0.25) is 0 Å². The largest absolute Gasteiger partial charge is 0.370 e. The van der Waals surface area contributed by atoms with Gasteiger partial charge in [0.05, 0.1) is 6.54 Å². The van der Waals surface area contributed by atoms with Crippen LogP contribution in [0.2, 0.25) is 0 Å². The number of hydrogen-bond acceptors (Lipinski definition) is 2. The average Bonchev–Trinajstić information content (AvgIpc) is 2.46. The van der Waals surface area contributed by atoms with Crippen molar-refractivity contribution in [2.45, 2.75) is 58.4 Å². The molecule has 1 atom stereocenters. The van der Waals surface area contributed by atoms with Crippen LogP contribution in [0.25, 0.3) is 0 Å². The molecule has 2 saturated heterocycles.